The van der Waals surface area contributed by atoms with E-state index >= 15 is 0 Å². The fourth-order valence-corrected chi connectivity index (χ4v) is 4.45. The topological polar surface area (TPSA) is 82.2 Å². The second-order valence-corrected chi connectivity index (χ2v) is 7.65. The van der Waals surface area contributed by atoms with Crippen LogP contribution < -0.4 is 16.0 Å². The van der Waals surface area contributed by atoms with Gasteiger partial charge >= 0.3 is 0 Å². The third-order valence-corrected chi connectivity index (χ3v) is 5.99. The maximum atomic E-state index is 12.3. The van der Waals surface area contributed by atoms with E-state index in [0.717, 1.165) is 76.3 Å². The van der Waals surface area contributed by atoms with Crippen LogP contribution in [-0.2, 0) is 17.6 Å². The summed E-state index contributed by atoms with van der Waals surface area (Å²) < 4.78 is 0. The maximum absolute atomic E-state index is 12.3. The predicted octanol–water partition coefficient (Wildman–Crippen LogP) is 0.710. The van der Waals surface area contributed by atoms with Crippen molar-refractivity contribution in [3.63, 3.8) is 0 Å². The molecule has 4 rings (SSSR count). The van der Waals surface area contributed by atoms with Crippen molar-refractivity contribution in [2.45, 2.75) is 57.0 Å². The molecule has 4 heterocycles. The Morgan fingerprint density at radius 1 is 1.04 bits per heavy atom. The van der Waals surface area contributed by atoms with E-state index in [1.807, 2.05) is 0 Å². The molecule has 142 valence electrons. The Kier molecular flexibility index (Phi) is 5.65. The molecule has 1 unspecified atom stereocenters. The highest BCUT2D eigenvalue weighted by Gasteiger charge is 2.27. The highest BCUT2D eigenvalue weighted by atomic mass is 16.2. The summed E-state index contributed by atoms with van der Waals surface area (Å²) in [7, 11) is 0. The van der Waals surface area contributed by atoms with Crippen molar-refractivity contribution in [3.05, 3.63) is 17.6 Å². The lowest BCUT2D eigenvalue weighted by Crippen LogP contribution is -2.44. The first kappa shape index (κ1) is 17.7. The number of anilines is 1. The van der Waals surface area contributed by atoms with Gasteiger partial charge in [0.2, 0.25) is 5.91 Å². The van der Waals surface area contributed by atoms with E-state index in [-0.39, 0.29) is 11.9 Å². The van der Waals surface area contributed by atoms with Gasteiger partial charge in [0.05, 0.1) is 5.69 Å². The van der Waals surface area contributed by atoms with E-state index in [9.17, 15) is 4.79 Å². The average Bonchev–Trinajstić information content (AvgIpc) is 3.02. The highest BCUT2D eigenvalue weighted by molar-refractivity contribution is 5.84. The van der Waals surface area contributed by atoms with Crippen molar-refractivity contribution in [1.82, 2.24) is 25.5 Å². The molecule has 0 radical (unpaired) electrons. The van der Waals surface area contributed by atoms with Crippen molar-refractivity contribution < 1.29 is 4.79 Å². The number of carbonyl (C=O) groups is 1. The van der Waals surface area contributed by atoms with Gasteiger partial charge in [-0.15, -0.1) is 0 Å². The van der Waals surface area contributed by atoms with Gasteiger partial charge in [0.1, 0.15) is 18.2 Å². The summed E-state index contributed by atoms with van der Waals surface area (Å²) >= 11 is 0. The smallest absolute Gasteiger partial charge is 0.242 e. The molecule has 2 fully saturated rings. The zero-order chi connectivity index (χ0) is 17.8. The molecule has 0 bridgehead atoms. The number of aromatic nitrogens is 2. The summed E-state index contributed by atoms with van der Waals surface area (Å²) in [6.07, 6.45) is 9.01. The molecule has 2 saturated heterocycles. The van der Waals surface area contributed by atoms with E-state index < -0.39 is 0 Å². The van der Waals surface area contributed by atoms with Crippen LogP contribution in [0.4, 0.5) is 5.82 Å². The third kappa shape index (κ3) is 3.99. The molecule has 0 aliphatic carbocycles. The number of nitrogens with zero attached hydrogens (tertiary/aromatic N) is 3. The Balaban J connectivity index is 1.47. The lowest BCUT2D eigenvalue weighted by atomic mass is 10.0. The number of hydrogen-bond donors (Lipinski definition) is 3. The number of piperidine rings is 1. The molecule has 0 aromatic carbocycles. The van der Waals surface area contributed by atoms with Crippen LogP contribution in [0.5, 0.6) is 0 Å². The minimum absolute atomic E-state index is 0.0971. The first-order chi connectivity index (χ1) is 12.8. The van der Waals surface area contributed by atoms with Crippen LogP contribution in [0.15, 0.2) is 6.33 Å². The van der Waals surface area contributed by atoms with Gasteiger partial charge in [-0.25, -0.2) is 9.97 Å². The van der Waals surface area contributed by atoms with E-state index in [1.165, 1.54) is 18.4 Å². The van der Waals surface area contributed by atoms with Crippen molar-refractivity contribution >= 4 is 11.7 Å². The normalized spacial score (nSPS) is 25.7. The molecule has 7 heteroatoms. The zero-order valence-corrected chi connectivity index (χ0v) is 15.5. The Hall–Kier alpha value is -1.73. The van der Waals surface area contributed by atoms with Crippen LogP contribution in [0.25, 0.3) is 0 Å². The zero-order valence-electron chi connectivity index (χ0n) is 15.5. The monoisotopic (exact) mass is 358 g/mol. The van der Waals surface area contributed by atoms with Crippen molar-refractivity contribution in [3.8, 4) is 0 Å². The molecule has 1 aromatic heterocycles. The minimum atomic E-state index is -0.180. The van der Waals surface area contributed by atoms with Gasteiger partial charge in [0.15, 0.2) is 0 Å². The Labute approximate surface area is 155 Å². The molecule has 0 spiro atoms. The van der Waals surface area contributed by atoms with Gasteiger partial charge in [0.25, 0.3) is 0 Å². The van der Waals surface area contributed by atoms with Crippen LogP contribution in [-0.4, -0.2) is 65.6 Å². The lowest BCUT2D eigenvalue weighted by Gasteiger charge is -2.33. The van der Waals surface area contributed by atoms with Crippen LogP contribution in [0.2, 0.25) is 0 Å². The van der Waals surface area contributed by atoms with Crippen molar-refractivity contribution in [2.24, 2.45) is 0 Å². The summed E-state index contributed by atoms with van der Waals surface area (Å²) in [5.41, 5.74) is 2.36. The molecular formula is C19H30N6O. The van der Waals surface area contributed by atoms with Crippen molar-refractivity contribution in [2.75, 3.05) is 38.0 Å². The molecule has 1 amide bonds. The molecule has 26 heavy (non-hydrogen) atoms. The first-order valence-electron chi connectivity index (χ1n) is 10.1. The third-order valence-electron chi connectivity index (χ3n) is 5.99. The van der Waals surface area contributed by atoms with E-state index in [1.54, 1.807) is 6.33 Å². The minimum Gasteiger partial charge on any atom is -0.358 e. The van der Waals surface area contributed by atoms with Gasteiger partial charge in [0, 0.05) is 37.7 Å². The summed E-state index contributed by atoms with van der Waals surface area (Å²) in [4.78, 5) is 24.0. The van der Waals surface area contributed by atoms with Crippen LogP contribution in [0.3, 0.4) is 0 Å². The number of carbonyl (C=O) groups excluding carboxylic acids is 1. The number of amides is 1. The average molecular weight is 358 g/mol. The SMILES string of the molecule is O=C1NCCCCC1Nc1ncnc2c1CCN(C1CCNCC1)CC2. The quantitative estimate of drug-likeness (QED) is 0.738. The van der Waals surface area contributed by atoms with Crippen molar-refractivity contribution in [1.29, 1.82) is 0 Å². The number of nitrogens with one attached hydrogen (secondary N) is 3. The molecule has 1 aromatic rings. The Morgan fingerprint density at radius 2 is 1.88 bits per heavy atom. The second-order valence-electron chi connectivity index (χ2n) is 7.65. The second kappa shape index (κ2) is 8.31. The van der Waals surface area contributed by atoms with E-state index in [2.05, 4.69) is 30.8 Å². The fraction of sp³-hybridized carbons (Fsp3) is 0.737. The molecule has 1 atom stereocenters. The Morgan fingerprint density at radius 3 is 2.77 bits per heavy atom. The molecule has 7 nitrogen and oxygen atoms in total. The van der Waals surface area contributed by atoms with Gasteiger partial charge in [-0.3, -0.25) is 9.69 Å². The molecule has 3 aliphatic rings. The fourth-order valence-electron chi connectivity index (χ4n) is 4.45. The van der Waals surface area contributed by atoms with Gasteiger partial charge in [-0.2, -0.15) is 0 Å². The van der Waals surface area contributed by atoms with Crippen LogP contribution in [0.1, 0.15) is 43.4 Å². The summed E-state index contributed by atoms with van der Waals surface area (Å²) in [5, 5.41) is 9.88. The van der Waals surface area contributed by atoms with Crippen LogP contribution in [0, 0.1) is 0 Å². The largest absolute Gasteiger partial charge is 0.358 e. The number of fused-ring (bicyclic) bond motifs is 1. The standard InChI is InChI=1S/C19H30N6O/c26-19-17(3-1-2-8-21-19)24-18-15-6-11-25(14-4-9-20-10-5-14)12-7-16(15)22-13-23-18/h13-14,17,20H,1-12H2,(H,21,26)(H,22,23,24). The van der Waals surface area contributed by atoms with E-state index in [0.29, 0.717) is 6.04 Å². The lowest BCUT2D eigenvalue weighted by molar-refractivity contribution is -0.121. The molecule has 0 saturated carbocycles. The van der Waals surface area contributed by atoms with Gasteiger partial charge in [-0.1, -0.05) is 0 Å². The molecule has 3 aliphatic heterocycles. The van der Waals surface area contributed by atoms with Gasteiger partial charge in [-0.05, 0) is 51.6 Å². The summed E-state index contributed by atoms with van der Waals surface area (Å²) in [6.45, 7) is 5.15. The molecule has 3 N–H and O–H groups in total. The highest BCUT2D eigenvalue weighted by Crippen LogP contribution is 2.24. The Bertz CT molecular complexity index is 630. The van der Waals surface area contributed by atoms with Gasteiger partial charge < -0.3 is 16.0 Å². The summed E-state index contributed by atoms with van der Waals surface area (Å²) in [6, 6.07) is 0.503. The molecular weight excluding hydrogens is 328 g/mol. The van der Waals surface area contributed by atoms with Crippen LogP contribution >= 0.6 is 0 Å². The van der Waals surface area contributed by atoms with E-state index in [4.69, 9.17) is 0 Å². The maximum Gasteiger partial charge on any atom is 0.242 e. The first-order valence-corrected chi connectivity index (χ1v) is 10.1. The number of rotatable bonds is 3. The summed E-state index contributed by atoms with van der Waals surface area (Å²) in [5.74, 6) is 0.962. The number of hydrogen-bond acceptors (Lipinski definition) is 6. The predicted molar refractivity (Wildman–Crippen MR) is 101 cm³/mol.